The monoisotopic (exact) mass is 234 g/mol. The van der Waals surface area contributed by atoms with Gasteiger partial charge >= 0.3 is 0 Å². The molecule has 2 atom stereocenters. The van der Waals surface area contributed by atoms with Gasteiger partial charge in [-0.05, 0) is 12.5 Å². The second kappa shape index (κ2) is 4.85. The van der Waals surface area contributed by atoms with Gasteiger partial charge < -0.3 is 10.0 Å². The lowest BCUT2D eigenvalue weighted by Crippen LogP contribution is -2.40. The van der Waals surface area contributed by atoms with E-state index in [4.69, 9.17) is 0 Å². The molecule has 0 aromatic heterocycles. The van der Waals surface area contributed by atoms with Gasteiger partial charge in [0.2, 0.25) is 5.91 Å². The van der Waals surface area contributed by atoms with Crippen LogP contribution >= 0.6 is 0 Å². The van der Waals surface area contributed by atoms with Crippen LogP contribution in [0.3, 0.4) is 0 Å². The number of amides is 1. The SMILES string of the molecule is CCC(CO)NC1C(=O)N(C)c2ccccc21. The van der Waals surface area contributed by atoms with E-state index >= 15 is 0 Å². The van der Waals surface area contributed by atoms with Gasteiger partial charge in [0.25, 0.3) is 0 Å². The largest absolute Gasteiger partial charge is 0.395 e. The highest BCUT2D eigenvalue weighted by Crippen LogP contribution is 2.34. The molecule has 17 heavy (non-hydrogen) atoms. The highest BCUT2D eigenvalue weighted by Gasteiger charge is 2.35. The summed E-state index contributed by atoms with van der Waals surface area (Å²) >= 11 is 0. The zero-order valence-corrected chi connectivity index (χ0v) is 10.2. The van der Waals surface area contributed by atoms with Gasteiger partial charge in [0, 0.05) is 24.3 Å². The summed E-state index contributed by atoms with van der Waals surface area (Å²) in [5.74, 6) is 0.0399. The van der Waals surface area contributed by atoms with Gasteiger partial charge in [-0.25, -0.2) is 0 Å². The fourth-order valence-corrected chi connectivity index (χ4v) is 2.18. The molecule has 4 heteroatoms. The Kier molecular flexibility index (Phi) is 3.45. The molecular weight excluding hydrogens is 216 g/mol. The first-order chi connectivity index (χ1) is 8.19. The number of nitrogens with zero attached hydrogens (tertiary/aromatic N) is 1. The number of fused-ring (bicyclic) bond motifs is 1. The molecule has 1 aromatic carbocycles. The van der Waals surface area contributed by atoms with Crippen LogP contribution in [0.4, 0.5) is 5.69 Å². The van der Waals surface area contributed by atoms with Gasteiger partial charge in [0.05, 0.1) is 6.61 Å². The molecule has 4 nitrogen and oxygen atoms in total. The van der Waals surface area contributed by atoms with Crippen molar-refractivity contribution in [2.45, 2.75) is 25.4 Å². The van der Waals surface area contributed by atoms with Crippen molar-refractivity contribution < 1.29 is 9.90 Å². The molecule has 2 N–H and O–H groups in total. The molecule has 0 bridgehead atoms. The maximum Gasteiger partial charge on any atom is 0.248 e. The Morgan fingerprint density at radius 3 is 2.82 bits per heavy atom. The smallest absolute Gasteiger partial charge is 0.248 e. The normalized spacial score (nSPS) is 20.5. The van der Waals surface area contributed by atoms with Crippen molar-refractivity contribution in [2.75, 3.05) is 18.6 Å². The number of aliphatic hydroxyl groups excluding tert-OH is 1. The molecule has 0 saturated carbocycles. The summed E-state index contributed by atoms with van der Waals surface area (Å²) in [6.07, 6.45) is 0.798. The summed E-state index contributed by atoms with van der Waals surface area (Å²) in [4.78, 5) is 13.8. The predicted molar refractivity (Wildman–Crippen MR) is 66.9 cm³/mol. The number of likely N-dealkylation sites (N-methyl/N-ethyl adjacent to an activating group) is 1. The third-order valence-corrected chi connectivity index (χ3v) is 3.30. The number of hydrogen-bond donors (Lipinski definition) is 2. The van der Waals surface area contributed by atoms with Crippen molar-refractivity contribution >= 4 is 11.6 Å². The number of nitrogens with one attached hydrogen (secondary N) is 1. The molecule has 0 aliphatic carbocycles. The van der Waals surface area contributed by atoms with Crippen molar-refractivity contribution in [3.63, 3.8) is 0 Å². The van der Waals surface area contributed by atoms with E-state index in [-0.39, 0.29) is 24.6 Å². The number of rotatable bonds is 4. The summed E-state index contributed by atoms with van der Waals surface area (Å²) in [6, 6.07) is 7.39. The van der Waals surface area contributed by atoms with Crippen molar-refractivity contribution in [3.8, 4) is 0 Å². The molecule has 0 radical (unpaired) electrons. The number of para-hydroxylation sites is 1. The molecule has 2 unspecified atom stereocenters. The number of carbonyl (C=O) groups excluding carboxylic acids is 1. The van der Waals surface area contributed by atoms with Crippen LogP contribution in [0, 0.1) is 0 Å². The molecular formula is C13H18N2O2. The summed E-state index contributed by atoms with van der Waals surface area (Å²) in [5.41, 5.74) is 1.94. The Labute approximate surface area is 101 Å². The predicted octanol–water partition coefficient (Wildman–Crippen LogP) is 1.06. The van der Waals surface area contributed by atoms with E-state index < -0.39 is 0 Å². The Balaban J connectivity index is 2.26. The molecule has 2 rings (SSSR count). The fourth-order valence-electron chi connectivity index (χ4n) is 2.18. The second-order valence-corrected chi connectivity index (χ2v) is 4.34. The van der Waals surface area contributed by atoms with E-state index in [1.165, 1.54) is 0 Å². The maximum atomic E-state index is 12.1. The van der Waals surface area contributed by atoms with Crippen LogP contribution in [0.2, 0.25) is 0 Å². The lowest BCUT2D eigenvalue weighted by atomic mass is 10.1. The van der Waals surface area contributed by atoms with E-state index in [0.717, 1.165) is 17.7 Å². The number of aliphatic hydroxyl groups is 1. The molecule has 0 fully saturated rings. The molecule has 0 spiro atoms. The summed E-state index contributed by atoms with van der Waals surface area (Å²) in [5, 5.41) is 12.4. The van der Waals surface area contributed by atoms with Gasteiger partial charge in [0.1, 0.15) is 6.04 Å². The number of carbonyl (C=O) groups is 1. The highest BCUT2D eigenvalue weighted by atomic mass is 16.3. The van der Waals surface area contributed by atoms with Gasteiger partial charge in [0.15, 0.2) is 0 Å². The standard InChI is InChI=1S/C13H18N2O2/c1-3-9(8-16)14-12-10-6-4-5-7-11(10)15(2)13(12)17/h4-7,9,12,14,16H,3,8H2,1-2H3. The summed E-state index contributed by atoms with van der Waals surface area (Å²) < 4.78 is 0. The van der Waals surface area contributed by atoms with Gasteiger partial charge in [-0.15, -0.1) is 0 Å². The minimum atomic E-state index is -0.326. The van der Waals surface area contributed by atoms with Crippen molar-refractivity contribution in [1.29, 1.82) is 0 Å². The van der Waals surface area contributed by atoms with Gasteiger partial charge in [-0.1, -0.05) is 25.1 Å². The zero-order valence-electron chi connectivity index (χ0n) is 10.2. The maximum absolute atomic E-state index is 12.1. The molecule has 1 amide bonds. The third-order valence-electron chi connectivity index (χ3n) is 3.30. The van der Waals surface area contributed by atoms with Crippen LogP contribution in [-0.4, -0.2) is 30.7 Å². The fraction of sp³-hybridized carbons (Fsp3) is 0.462. The Morgan fingerprint density at radius 2 is 2.18 bits per heavy atom. The number of benzene rings is 1. The first kappa shape index (κ1) is 12.1. The number of hydrogen-bond acceptors (Lipinski definition) is 3. The van der Waals surface area contributed by atoms with Gasteiger partial charge in [-0.2, -0.15) is 0 Å². The Hall–Kier alpha value is -1.39. The van der Waals surface area contributed by atoms with E-state index in [1.807, 2.05) is 31.2 Å². The quantitative estimate of drug-likeness (QED) is 0.819. The van der Waals surface area contributed by atoms with E-state index in [1.54, 1.807) is 11.9 Å². The molecule has 1 heterocycles. The Bertz CT molecular complexity index is 416. The van der Waals surface area contributed by atoms with Gasteiger partial charge in [-0.3, -0.25) is 10.1 Å². The third kappa shape index (κ3) is 2.06. The topological polar surface area (TPSA) is 52.6 Å². The van der Waals surface area contributed by atoms with Crippen molar-refractivity contribution in [2.24, 2.45) is 0 Å². The Morgan fingerprint density at radius 1 is 1.47 bits per heavy atom. The van der Waals surface area contributed by atoms with Crippen LogP contribution in [0.5, 0.6) is 0 Å². The lowest BCUT2D eigenvalue weighted by Gasteiger charge is -2.19. The molecule has 0 saturated heterocycles. The summed E-state index contributed by atoms with van der Waals surface area (Å²) in [7, 11) is 1.78. The molecule has 1 aliphatic heterocycles. The van der Waals surface area contributed by atoms with Crippen LogP contribution in [0.15, 0.2) is 24.3 Å². The van der Waals surface area contributed by atoms with Crippen molar-refractivity contribution in [1.82, 2.24) is 5.32 Å². The van der Waals surface area contributed by atoms with Crippen molar-refractivity contribution in [3.05, 3.63) is 29.8 Å². The summed E-state index contributed by atoms with van der Waals surface area (Å²) in [6.45, 7) is 2.04. The average molecular weight is 234 g/mol. The van der Waals surface area contributed by atoms with Crippen LogP contribution < -0.4 is 10.2 Å². The van der Waals surface area contributed by atoms with Crippen LogP contribution in [0.1, 0.15) is 24.9 Å². The molecule has 92 valence electrons. The van der Waals surface area contributed by atoms with E-state index in [0.29, 0.717) is 0 Å². The second-order valence-electron chi connectivity index (χ2n) is 4.34. The molecule has 1 aliphatic rings. The molecule has 1 aromatic rings. The van der Waals surface area contributed by atoms with E-state index in [2.05, 4.69) is 5.32 Å². The highest BCUT2D eigenvalue weighted by molar-refractivity contribution is 6.04. The van der Waals surface area contributed by atoms with Crippen LogP contribution in [0.25, 0.3) is 0 Å². The lowest BCUT2D eigenvalue weighted by molar-refractivity contribution is -0.120. The number of anilines is 1. The van der Waals surface area contributed by atoms with E-state index in [9.17, 15) is 9.90 Å². The zero-order chi connectivity index (χ0) is 12.4. The first-order valence-corrected chi connectivity index (χ1v) is 5.92. The first-order valence-electron chi connectivity index (χ1n) is 5.92. The average Bonchev–Trinajstić information content (AvgIpc) is 2.61. The van der Waals surface area contributed by atoms with Crippen LogP contribution in [-0.2, 0) is 4.79 Å². The minimum absolute atomic E-state index is 0.0384. The minimum Gasteiger partial charge on any atom is -0.395 e.